The second-order valence-electron chi connectivity index (χ2n) is 6.28. The van der Waals surface area contributed by atoms with Crippen LogP contribution in [0.25, 0.3) is 5.65 Å². The van der Waals surface area contributed by atoms with E-state index in [0.29, 0.717) is 12.4 Å². The van der Waals surface area contributed by atoms with Crippen LogP contribution in [0.2, 0.25) is 0 Å². The minimum absolute atomic E-state index is 0.0926. The van der Waals surface area contributed by atoms with Crippen molar-refractivity contribution < 1.29 is 4.79 Å². The maximum absolute atomic E-state index is 12.7. The molecule has 1 aliphatic rings. The average molecular weight is 340 g/mol. The molecule has 9 heteroatoms. The zero-order chi connectivity index (χ0) is 17.2. The van der Waals surface area contributed by atoms with Gasteiger partial charge in [0, 0.05) is 19.3 Å². The lowest BCUT2D eigenvalue weighted by Gasteiger charge is -2.33. The third-order valence-corrected chi connectivity index (χ3v) is 4.56. The third kappa shape index (κ3) is 3.04. The molecule has 0 aromatic carbocycles. The predicted octanol–water partition coefficient (Wildman–Crippen LogP) is 1.43. The van der Waals surface area contributed by atoms with Gasteiger partial charge in [0.2, 0.25) is 0 Å². The van der Waals surface area contributed by atoms with Crippen LogP contribution in [0.1, 0.15) is 37.7 Å². The van der Waals surface area contributed by atoms with Gasteiger partial charge in [-0.15, -0.1) is 10.2 Å². The molecular weight excluding hydrogens is 320 g/mol. The summed E-state index contributed by atoms with van der Waals surface area (Å²) in [4.78, 5) is 18.5. The van der Waals surface area contributed by atoms with E-state index in [4.69, 9.17) is 0 Å². The summed E-state index contributed by atoms with van der Waals surface area (Å²) in [6.07, 6.45) is 7.07. The van der Waals surface area contributed by atoms with Gasteiger partial charge in [0.05, 0.1) is 12.1 Å². The molecule has 0 saturated carbocycles. The molecule has 9 nitrogen and oxygen atoms in total. The van der Waals surface area contributed by atoms with Crippen molar-refractivity contribution >= 4 is 11.7 Å². The van der Waals surface area contributed by atoms with Crippen molar-refractivity contribution in [2.24, 2.45) is 0 Å². The van der Waals surface area contributed by atoms with Crippen molar-refractivity contribution in [1.29, 1.82) is 0 Å². The Labute approximate surface area is 144 Å². The van der Waals surface area contributed by atoms with E-state index in [1.54, 1.807) is 6.33 Å². The van der Waals surface area contributed by atoms with Crippen molar-refractivity contribution in [2.45, 2.75) is 31.8 Å². The number of hydrogen-bond acceptors (Lipinski definition) is 5. The maximum atomic E-state index is 12.7. The number of urea groups is 1. The number of fused-ring (bicyclic) bond motifs is 1. The van der Waals surface area contributed by atoms with Crippen LogP contribution in [0, 0.1) is 0 Å². The predicted molar refractivity (Wildman–Crippen MR) is 89.8 cm³/mol. The van der Waals surface area contributed by atoms with E-state index >= 15 is 0 Å². The number of nitrogens with zero attached hydrogens (tertiary/aromatic N) is 7. The van der Waals surface area contributed by atoms with E-state index in [9.17, 15) is 4.79 Å². The summed E-state index contributed by atoms with van der Waals surface area (Å²) < 4.78 is 3.72. The fourth-order valence-corrected chi connectivity index (χ4v) is 3.26. The number of likely N-dealkylation sites (tertiary alicyclic amines) is 1. The first kappa shape index (κ1) is 15.6. The lowest BCUT2D eigenvalue weighted by Crippen LogP contribution is -2.46. The van der Waals surface area contributed by atoms with Gasteiger partial charge in [-0.05, 0) is 31.9 Å². The summed E-state index contributed by atoms with van der Waals surface area (Å²) in [5, 5.41) is 15.6. The quantitative estimate of drug-likeness (QED) is 0.778. The van der Waals surface area contributed by atoms with Gasteiger partial charge in [0.25, 0.3) is 0 Å². The lowest BCUT2D eigenvalue weighted by atomic mass is 10.1. The molecular formula is C16H20N8O. The Morgan fingerprint density at radius 3 is 3.12 bits per heavy atom. The Hall–Kier alpha value is -2.97. The first-order valence-corrected chi connectivity index (χ1v) is 8.41. The molecule has 0 aliphatic carbocycles. The van der Waals surface area contributed by atoms with Gasteiger partial charge in [0.15, 0.2) is 11.5 Å². The van der Waals surface area contributed by atoms with Crippen molar-refractivity contribution in [1.82, 2.24) is 39.6 Å². The Morgan fingerprint density at radius 1 is 1.36 bits per heavy atom. The number of hydrogen-bond donors (Lipinski definition) is 1. The van der Waals surface area contributed by atoms with Gasteiger partial charge in [-0.2, -0.15) is 5.10 Å². The molecule has 3 aromatic rings. The first-order valence-electron chi connectivity index (χ1n) is 8.41. The Bertz CT molecular complexity index is 858. The third-order valence-electron chi connectivity index (χ3n) is 4.56. The number of nitrogens with one attached hydrogen (secondary N) is 1. The van der Waals surface area contributed by atoms with E-state index in [0.717, 1.165) is 25.0 Å². The molecule has 0 bridgehead atoms. The Balaban J connectivity index is 1.44. The Morgan fingerprint density at radius 2 is 2.28 bits per heavy atom. The summed E-state index contributed by atoms with van der Waals surface area (Å²) in [7, 11) is 0. The fourth-order valence-electron chi connectivity index (χ4n) is 3.26. The molecule has 1 aliphatic heterocycles. The highest BCUT2D eigenvalue weighted by Crippen LogP contribution is 2.21. The van der Waals surface area contributed by atoms with Gasteiger partial charge < -0.3 is 10.2 Å². The van der Waals surface area contributed by atoms with E-state index in [1.807, 2.05) is 45.3 Å². The number of amides is 2. The van der Waals surface area contributed by atoms with Gasteiger partial charge in [-0.25, -0.2) is 14.5 Å². The molecule has 3 aromatic heterocycles. The summed E-state index contributed by atoms with van der Waals surface area (Å²) in [6.45, 7) is 3.28. The molecule has 2 amide bonds. The SMILES string of the molecule is CC(NC(=O)N1CCCC(n2cncn2)C1)c1nnc2ccccn12. The molecule has 4 rings (SSSR count). The summed E-state index contributed by atoms with van der Waals surface area (Å²) in [5.41, 5.74) is 0.766. The number of piperidine rings is 1. The lowest BCUT2D eigenvalue weighted by molar-refractivity contribution is 0.160. The second kappa shape index (κ2) is 6.50. The van der Waals surface area contributed by atoms with E-state index < -0.39 is 0 Å². The number of aromatic nitrogens is 6. The van der Waals surface area contributed by atoms with E-state index in [-0.39, 0.29) is 18.1 Å². The minimum atomic E-state index is -0.239. The summed E-state index contributed by atoms with van der Waals surface area (Å²) in [6, 6.07) is 5.56. The van der Waals surface area contributed by atoms with Crippen molar-refractivity contribution in [3.8, 4) is 0 Å². The van der Waals surface area contributed by atoms with Crippen LogP contribution in [0.3, 0.4) is 0 Å². The molecule has 0 radical (unpaired) electrons. The van der Waals surface area contributed by atoms with Crippen LogP contribution < -0.4 is 5.32 Å². The van der Waals surface area contributed by atoms with Crippen molar-refractivity contribution in [3.05, 3.63) is 42.9 Å². The van der Waals surface area contributed by atoms with Crippen LogP contribution in [-0.4, -0.2) is 53.4 Å². The molecule has 25 heavy (non-hydrogen) atoms. The number of pyridine rings is 1. The van der Waals surface area contributed by atoms with Gasteiger partial charge in [-0.3, -0.25) is 4.40 Å². The van der Waals surface area contributed by atoms with E-state index in [2.05, 4.69) is 25.6 Å². The van der Waals surface area contributed by atoms with Crippen LogP contribution in [0.15, 0.2) is 37.1 Å². The van der Waals surface area contributed by atoms with Gasteiger partial charge >= 0.3 is 6.03 Å². The number of carbonyl (C=O) groups is 1. The minimum Gasteiger partial charge on any atom is -0.328 e. The molecule has 1 saturated heterocycles. The molecule has 1 N–H and O–H groups in total. The van der Waals surface area contributed by atoms with Crippen molar-refractivity contribution in [2.75, 3.05) is 13.1 Å². The highest BCUT2D eigenvalue weighted by molar-refractivity contribution is 5.74. The van der Waals surface area contributed by atoms with Crippen molar-refractivity contribution in [3.63, 3.8) is 0 Å². The molecule has 130 valence electrons. The zero-order valence-electron chi connectivity index (χ0n) is 14.0. The molecule has 0 spiro atoms. The topological polar surface area (TPSA) is 93.2 Å². The van der Waals surface area contributed by atoms with Crippen LogP contribution in [-0.2, 0) is 0 Å². The zero-order valence-corrected chi connectivity index (χ0v) is 14.0. The van der Waals surface area contributed by atoms with E-state index in [1.165, 1.54) is 6.33 Å². The maximum Gasteiger partial charge on any atom is 0.318 e. The normalized spacial score (nSPS) is 19.1. The second-order valence-corrected chi connectivity index (χ2v) is 6.28. The summed E-state index contributed by atoms with van der Waals surface area (Å²) >= 11 is 0. The van der Waals surface area contributed by atoms with Gasteiger partial charge in [-0.1, -0.05) is 6.07 Å². The largest absolute Gasteiger partial charge is 0.328 e. The molecule has 1 fully saturated rings. The number of rotatable bonds is 3. The molecule has 2 unspecified atom stereocenters. The first-order chi connectivity index (χ1) is 12.2. The fraction of sp³-hybridized carbons (Fsp3) is 0.438. The Kier molecular flexibility index (Phi) is 4.04. The molecule has 4 heterocycles. The monoisotopic (exact) mass is 340 g/mol. The van der Waals surface area contributed by atoms with Crippen LogP contribution in [0.4, 0.5) is 4.79 Å². The average Bonchev–Trinajstić information content (AvgIpc) is 3.31. The number of carbonyl (C=O) groups excluding carboxylic acids is 1. The summed E-state index contributed by atoms with van der Waals surface area (Å²) in [5.74, 6) is 0.716. The van der Waals surface area contributed by atoms with Crippen LogP contribution >= 0.6 is 0 Å². The van der Waals surface area contributed by atoms with Crippen LogP contribution in [0.5, 0.6) is 0 Å². The highest BCUT2D eigenvalue weighted by atomic mass is 16.2. The highest BCUT2D eigenvalue weighted by Gasteiger charge is 2.26. The smallest absolute Gasteiger partial charge is 0.318 e. The van der Waals surface area contributed by atoms with Gasteiger partial charge in [0.1, 0.15) is 12.7 Å². The molecule has 2 atom stereocenters. The standard InChI is InChI=1S/C16H20N8O/c1-12(15-21-20-14-6-2-3-8-23(14)15)19-16(25)22-7-4-5-13(9-22)24-11-17-10-18-24/h2-3,6,8,10-13H,4-5,7,9H2,1H3,(H,19,25).